The lowest BCUT2D eigenvalue weighted by Crippen LogP contribution is -2.04. The van der Waals surface area contributed by atoms with Gasteiger partial charge in [0.05, 0.1) is 22.3 Å². The molecular formula is C14H10ClNO2S. The lowest BCUT2D eigenvalue weighted by Gasteiger charge is -2.05. The van der Waals surface area contributed by atoms with Crippen LogP contribution in [0.5, 0.6) is 0 Å². The molecule has 0 aliphatic carbocycles. The number of rotatable bonds is 3. The molecule has 0 amide bonds. The average Bonchev–Trinajstić information content (AvgIpc) is 2.40. The normalized spacial score (nSPS) is 10.9. The topological polar surface area (TPSA) is 57.9 Å². The second-order valence-electron chi connectivity index (χ2n) is 4.02. The highest BCUT2D eigenvalue weighted by atomic mass is 35.5. The van der Waals surface area contributed by atoms with E-state index in [9.17, 15) is 8.42 Å². The van der Waals surface area contributed by atoms with Crippen LogP contribution in [0.2, 0.25) is 5.02 Å². The van der Waals surface area contributed by atoms with Crippen molar-refractivity contribution >= 4 is 21.4 Å². The van der Waals surface area contributed by atoms with Crippen LogP contribution >= 0.6 is 11.6 Å². The molecule has 0 saturated heterocycles. The van der Waals surface area contributed by atoms with E-state index in [-0.39, 0.29) is 10.6 Å². The Labute approximate surface area is 117 Å². The van der Waals surface area contributed by atoms with Crippen molar-refractivity contribution in [2.24, 2.45) is 0 Å². The molecule has 2 rings (SSSR count). The molecule has 0 aliphatic rings. The Morgan fingerprint density at radius 3 is 2.11 bits per heavy atom. The molecule has 5 heteroatoms. The number of nitrogens with zero attached hydrogens (tertiary/aromatic N) is 1. The van der Waals surface area contributed by atoms with Crippen LogP contribution in [-0.4, -0.2) is 8.42 Å². The SMILES string of the molecule is N#Cc1ccc(CS(=O)(=O)c2ccc(Cl)cc2)cc1. The highest BCUT2D eigenvalue weighted by molar-refractivity contribution is 7.90. The Kier molecular flexibility index (Phi) is 3.89. The molecule has 0 radical (unpaired) electrons. The van der Waals surface area contributed by atoms with Crippen LogP contribution in [0.25, 0.3) is 0 Å². The quantitative estimate of drug-likeness (QED) is 0.872. The molecule has 0 bridgehead atoms. The van der Waals surface area contributed by atoms with E-state index < -0.39 is 9.84 Å². The monoisotopic (exact) mass is 291 g/mol. The van der Waals surface area contributed by atoms with E-state index in [1.54, 1.807) is 36.4 Å². The zero-order chi connectivity index (χ0) is 13.9. The van der Waals surface area contributed by atoms with Crippen LogP contribution in [0.15, 0.2) is 53.4 Å². The third-order valence-electron chi connectivity index (χ3n) is 2.61. The van der Waals surface area contributed by atoms with Crippen molar-refractivity contribution in [2.75, 3.05) is 0 Å². The van der Waals surface area contributed by atoms with E-state index in [1.165, 1.54) is 12.1 Å². The first-order valence-electron chi connectivity index (χ1n) is 5.49. The molecule has 0 spiro atoms. The van der Waals surface area contributed by atoms with Crippen molar-refractivity contribution in [2.45, 2.75) is 10.6 Å². The fourth-order valence-electron chi connectivity index (χ4n) is 1.62. The summed E-state index contributed by atoms with van der Waals surface area (Å²) in [5.41, 5.74) is 1.15. The lowest BCUT2D eigenvalue weighted by atomic mass is 10.2. The Balaban J connectivity index is 2.26. The third-order valence-corrected chi connectivity index (χ3v) is 4.57. The number of hydrogen-bond acceptors (Lipinski definition) is 3. The van der Waals surface area contributed by atoms with Gasteiger partial charge in [-0.15, -0.1) is 0 Å². The van der Waals surface area contributed by atoms with E-state index in [1.807, 2.05) is 6.07 Å². The van der Waals surface area contributed by atoms with Gasteiger partial charge in [-0.05, 0) is 42.0 Å². The van der Waals surface area contributed by atoms with Gasteiger partial charge in [0.25, 0.3) is 0 Å². The molecule has 2 aromatic carbocycles. The summed E-state index contributed by atoms with van der Waals surface area (Å²) in [7, 11) is -3.39. The first-order valence-corrected chi connectivity index (χ1v) is 7.52. The van der Waals surface area contributed by atoms with Gasteiger partial charge < -0.3 is 0 Å². The highest BCUT2D eigenvalue weighted by Crippen LogP contribution is 2.19. The largest absolute Gasteiger partial charge is 0.223 e. The smallest absolute Gasteiger partial charge is 0.182 e. The zero-order valence-corrected chi connectivity index (χ0v) is 11.4. The van der Waals surface area contributed by atoms with Crippen LogP contribution in [0.4, 0.5) is 0 Å². The molecule has 0 atom stereocenters. The first kappa shape index (κ1) is 13.6. The molecule has 96 valence electrons. The lowest BCUT2D eigenvalue weighted by molar-refractivity contribution is 0.595. The van der Waals surface area contributed by atoms with Crippen molar-refractivity contribution in [3.63, 3.8) is 0 Å². The molecule has 19 heavy (non-hydrogen) atoms. The highest BCUT2D eigenvalue weighted by Gasteiger charge is 2.15. The Bertz CT molecular complexity index is 714. The fourth-order valence-corrected chi connectivity index (χ4v) is 3.09. The van der Waals surface area contributed by atoms with Crippen molar-refractivity contribution < 1.29 is 8.42 Å². The second kappa shape index (κ2) is 5.43. The molecule has 0 aromatic heterocycles. The molecule has 0 unspecified atom stereocenters. The van der Waals surface area contributed by atoms with Gasteiger partial charge in [0, 0.05) is 5.02 Å². The van der Waals surface area contributed by atoms with Crippen molar-refractivity contribution in [3.05, 3.63) is 64.7 Å². The Morgan fingerprint density at radius 1 is 1.00 bits per heavy atom. The molecule has 0 heterocycles. The summed E-state index contributed by atoms with van der Waals surface area (Å²) in [6.45, 7) is 0. The summed E-state index contributed by atoms with van der Waals surface area (Å²) >= 11 is 5.73. The maximum atomic E-state index is 12.2. The first-order chi connectivity index (χ1) is 9.01. The summed E-state index contributed by atoms with van der Waals surface area (Å²) in [6.07, 6.45) is 0. The van der Waals surface area contributed by atoms with E-state index in [2.05, 4.69) is 0 Å². The number of benzene rings is 2. The van der Waals surface area contributed by atoms with E-state index in [4.69, 9.17) is 16.9 Å². The minimum absolute atomic E-state index is 0.0969. The maximum Gasteiger partial charge on any atom is 0.182 e. The Morgan fingerprint density at radius 2 is 1.58 bits per heavy atom. The van der Waals surface area contributed by atoms with Gasteiger partial charge in [0.2, 0.25) is 0 Å². The van der Waals surface area contributed by atoms with Gasteiger partial charge in [-0.25, -0.2) is 8.42 Å². The van der Waals surface area contributed by atoms with Crippen molar-refractivity contribution in [3.8, 4) is 6.07 Å². The predicted molar refractivity (Wildman–Crippen MR) is 73.5 cm³/mol. The van der Waals surface area contributed by atoms with Crippen LogP contribution in [0.1, 0.15) is 11.1 Å². The molecule has 0 N–H and O–H groups in total. The van der Waals surface area contributed by atoms with Crippen LogP contribution in [0.3, 0.4) is 0 Å². The van der Waals surface area contributed by atoms with E-state index >= 15 is 0 Å². The van der Waals surface area contributed by atoms with E-state index in [0.717, 1.165) is 0 Å². The van der Waals surface area contributed by atoms with Crippen LogP contribution in [-0.2, 0) is 15.6 Å². The standard InChI is InChI=1S/C14H10ClNO2S/c15-13-5-7-14(8-6-13)19(17,18)10-12-3-1-11(9-16)2-4-12/h1-8H,10H2. The number of halogens is 1. The van der Waals surface area contributed by atoms with Crippen molar-refractivity contribution in [1.29, 1.82) is 5.26 Å². The van der Waals surface area contributed by atoms with Crippen molar-refractivity contribution in [1.82, 2.24) is 0 Å². The number of hydrogen-bond donors (Lipinski definition) is 0. The number of sulfone groups is 1. The zero-order valence-electron chi connectivity index (χ0n) is 9.88. The minimum Gasteiger partial charge on any atom is -0.223 e. The summed E-state index contributed by atoms with van der Waals surface area (Å²) < 4.78 is 24.3. The molecule has 3 nitrogen and oxygen atoms in total. The van der Waals surface area contributed by atoms with E-state index in [0.29, 0.717) is 16.1 Å². The summed E-state index contributed by atoms with van der Waals surface area (Å²) in [5, 5.41) is 9.18. The summed E-state index contributed by atoms with van der Waals surface area (Å²) in [6, 6.07) is 14.6. The molecule has 0 aliphatic heterocycles. The molecule has 0 fully saturated rings. The predicted octanol–water partition coefficient (Wildman–Crippen LogP) is 3.19. The van der Waals surface area contributed by atoms with Crippen LogP contribution < -0.4 is 0 Å². The van der Waals surface area contributed by atoms with Gasteiger partial charge in [-0.2, -0.15) is 5.26 Å². The average molecular weight is 292 g/mol. The van der Waals surface area contributed by atoms with Crippen LogP contribution in [0, 0.1) is 11.3 Å². The molecule has 2 aromatic rings. The third kappa shape index (κ3) is 3.34. The summed E-state index contributed by atoms with van der Waals surface area (Å²) in [5.74, 6) is -0.0969. The van der Waals surface area contributed by atoms with Gasteiger partial charge in [-0.1, -0.05) is 23.7 Å². The second-order valence-corrected chi connectivity index (χ2v) is 6.45. The minimum atomic E-state index is -3.39. The fraction of sp³-hybridized carbons (Fsp3) is 0.0714. The van der Waals surface area contributed by atoms with Gasteiger partial charge in [0.1, 0.15) is 0 Å². The molecular weight excluding hydrogens is 282 g/mol. The van der Waals surface area contributed by atoms with Gasteiger partial charge in [0.15, 0.2) is 9.84 Å². The van der Waals surface area contributed by atoms with Gasteiger partial charge in [-0.3, -0.25) is 0 Å². The summed E-state index contributed by atoms with van der Waals surface area (Å²) in [4.78, 5) is 0.237. The Hall–Kier alpha value is -1.83. The maximum absolute atomic E-state index is 12.2. The number of nitriles is 1. The molecule has 0 saturated carbocycles. The van der Waals surface area contributed by atoms with Gasteiger partial charge >= 0.3 is 0 Å².